The second-order valence-corrected chi connectivity index (χ2v) is 6.39. The Hall–Kier alpha value is -1.93. The van der Waals surface area contributed by atoms with Gasteiger partial charge >= 0.3 is 5.97 Å². The van der Waals surface area contributed by atoms with Crippen molar-refractivity contribution in [2.45, 2.75) is 4.90 Å². The maximum absolute atomic E-state index is 12.2. The quantitative estimate of drug-likeness (QED) is 0.876. The van der Waals surface area contributed by atoms with Gasteiger partial charge in [0.25, 0.3) is 10.0 Å². The summed E-state index contributed by atoms with van der Waals surface area (Å²) >= 11 is 3.18. The number of hydrogen-bond acceptors (Lipinski definition) is 4. The van der Waals surface area contributed by atoms with Gasteiger partial charge in [0.2, 0.25) is 0 Å². The molecule has 104 valence electrons. The van der Waals surface area contributed by atoms with Gasteiger partial charge in [0, 0.05) is 10.7 Å². The van der Waals surface area contributed by atoms with E-state index in [1.165, 1.54) is 24.4 Å². The zero-order valence-corrected chi connectivity index (χ0v) is 12.3. The number of carboxylic acids is 1. The van der Waals surface area contributed by atoms with E-state index in [0.29, 0.717) is 4.47 Å². The first kappa shape index (κ1) is 14.5. The van der Waals surface area contributed by atoms with Crippen molar-refractivity contribution in [2.75, 3.05) is 4.72 Å². The van der Waals surface area contributed by atoms with Crippen LogP contribution >= 0.6 is 15.9 Å². The lowest BCUT2D eigenvalue weighted by molar-refractivity contribution is 0.0698. The van der Waals surface area contributed by atoms with Gasteiger partial charge in [0.1, 0.15) is 0 Å². The van der Waals surface area contributed by atoms with Crippen LogP contribution in [0.1, 0.15) is 10.4 Å². The highest BCUT2D eigenvalue weighted by molar-refractivity contribution is 9.10. The number of halogens is 1. The van der Waals surface area contributed by atoms with Crippen LogP contribution < -0.4 is 4.72 Å². The van der Waals surface area contributed by atoms with E-state index in [2.05, 4.69) is 25.6 Å². The SMILES string of the molecule is O=C(O)c1ccncc1NS(=O)(=O)c1cccc(Br)c1. The van der Waals surface area contributed by atoms with Crippen molar-refractivity contribution in [2.24, 2.45) is 0 Å². The summed E-state index contributed by atoms with van der Waals surface area (Å²) in [5, 5.41) is 9.01. The van der Waals surface area contributed by atoms with Crippen LogP contribution in [0.15, 0.2) is 52.1 Å². The third-order valence-electron chi connectivity index (χ3n) is 2.40. The zero-order valence-electron chi connectivity index (χ0n) is 9.95. The van der Waals surface area contributed by atoms with Gasteiger partial charge in [-0.2, -0.15) is 0 Å². The Balaban J connectivity index is 2.41. The van der Waals surface area contributed by atoms with Crippen LogP contribution in [0.5, 0.6) is 0 Å². The number of pyridine rings is 1. The Morgan fingerprint density at radius 3 is 2.70 bits per heavy atom. The summed E-state index contributed by atoms with van der Waals surface area (Å²) in [6.07, 6.45) is 2.43. The molecule has 0 unspecified atom stereocenters. The molecule has 0 saturated carbocycles. The average Bonchev–Trinajstić information content (AvgIpc) is 2.38. The summed E-state index contributed by atoms with van der Waals surface area (Å²) in [7, 11) is -3.88. The predicted molar refractivity (Wildman–Crippen MR) is 76.1 cm³/mol. The van der Waals surface area contributed by atoms with Gasteiger partial charge < -0.3 is 5.11 Å². The molecule has 0 bridgehead atoms. The van der Waals surface area contributed by atoms with Gasteiger partial charge in [-0.1, -0.05) is 22.0 Å². The summed E-state index contributed by atoms with van der Waals surface area (Å²) in [5.74, 6) is -1.24. The number of hydrogen-bond donors (Lipinski definition) is 2. The van der Waals surface area contributed by atoms with E-state index < -0.39 is 16.0 Å². The summed E-state index contributed by atoms with van der Waals surface area (Å²) in [6.45, 7) is 0. The van der Waals surface area contributed by atoms with Gasteiger partial charge in [-0.25, -0.2) is 13.2 Å². The van der Waals surface area contributed by atoms with Crippen LogP contribution in [0.25, 0.3) is 0 Å². The number of anilines is 1. The van der Waals surface area contributed by atoms with Gasteiger partial charge in [0.15, 0.2) is 0 Å². The number of nitrogens with one attached hydrogen (secondary N) is 1. The number of rotatable bonds is 4. The molecule has 0 saturated heterocycles. The van der Waals surface area contributed by atoms with Crippen molar-refractivity contribution in [1.82, 2.24) is 4.98 Å². The average molecular weight is 357 g/mol. The van der Waals surface area contributed by atoms with Gasteiger partial charge in [-0.3, -0.25) is 9.71 Å². The minimum atomic E-state index is -3.88. The molecule has 0 atom stereocenters. The molecule has 0 fully saturated rings. The van der Waals surface area contributed by atoms with Crippen molar-refractivity contribution >= 4 is 37.6 Å². The highest BCUT2D eigenvalue weighted by atomic mass is 79.9. The maximum atomic E-state index is 12.2. The van der Waals surface area contributed by atoms with E-state index in [0.717, 1.165) is 6.20 Å². The minimum absolute atomic E-state index is 0.0204. The topological polar surface area (TPSA) is 96.4 Å². The predicted octanol–water partition coefficient (Wildman–Crippen LogP) is 2.34. The number of nitrogens with zero attached hydrogens (tertiary/aromatic N) is 1. The molecule has 0 aliphatic heterocycles. The van der Waals surface area contributed by atoms with Crippen molar-refractivity contribution in [3.8, 4) is 0 Å². The van der Waals surface area contributed by atoms with Crippen LogP contribution in [0.4, 0.5) is 5.69 Å². The van der Waals surface area contributed by atoms with Crippen LogP contribution in [-0.4, -0.2) is 24.5 Å². The Bertz CT molecular complexity index is 762. The fourth-order valence-corrected chi connectivity index (χ4v) is 3.16. The summed E-state index contributed by atoms with van der Waals surface area (Å²) in [5.41, 5.74) is -0.251. The van der Waals surface area contributed by atoms with Crippen molar-refractivity contribution in [1.29, 1.82) is 0 Å². The van der Waals surface area contributed by atoms with Gasteiger partial charge in [0.05, 0.1) is 22.3 Å². The zero-order chi connectivity index (χ0) is 14.8. The summed E-state index contributed by atoms with van der Waals surface area (Å²) < 4.78 is 27.2. The molecular formula is C12H9BrN2O4S. The first-order valence-electron chi connectivity index (χ1n) is 5.36. The Kier molecular flexibility index (Phi) is 4.05. The van der Waals surface area contributed by atoms with E-state index >= 15 is 0 Å². The molecule has 6 nitrogen and oxygen atoms in total. The fraction of sp³-hybridized carbons (Fsp3) is 0. The van der Waals surface area contributed by atoms with E-state index in [4.69, 9.17) is 5.11 Å². The first-order chi connectivity index (χ1) is 9.40. The lowest BCUT2D eigenvalue weighted by atomic mass is 10.2. The number of sulfonamides is 1. The van der Waals surface area contributed by atoms with Gasteiger partial charge in [-0.05, 0) is 24.3 Å². The minimum Gasteiger partial charge on any atom is -0.478 e. The van der Waals surface area contributed by atoms with E-state index in [1.807, 2.05) is 0 Å². The molecule has 0 amide bonds. The molecule has 1 heterocycles. The van der Waals surface area contributed by atoms with Crippen molar-refractivity contribution < 1.29 is 18.3 Å². The third kappa shape index (κ3) is 3.14. The number of aromatic carboxylic acids is 1. The molecule has 0 spiro atoms. The van der Waals surface area contributed by atoms with Crippen molar-refractivity contribution in [3.63, 3.8) is 0 Å². The Morgan fingerprint density at radius 2 is 2.05 bits per heavy atom. The third-order valence-corrected chi connectivity index (χ3v) is 4.26. The highest BCUT2D eigenvalue weighted by Gasteiger charge is 2.18. The second-order valence-electron chi connectivity index (χ2n) is 3.79. The standard InChI is InChI=1S/C12H9BrN2O4S/c13-8-2-1-3-9(6-8)20(18,19)15-11-7-14-5-4-10(11)12(16)17/h1-7,15H,(H,16,17). The lowest BCUT2D eigenvalue weighted by Gasteiger charge is -2.10. The molecule has 2 rings (SSSR count). The maximum Gasteiger partial charge on any atom is 0.337 e. The van der Waals surface area contributed by atoms with Crippen LogP contribution in [-0.2, 0) is 10.0 Å². The molecule has 2 N–H and O–H groups in total. The molecule has 0 radical (unpaired) electrons. The van der Waals surface area contributed by atoms with Crippen LogP contribution in [0.3, 0.4) is 0 Å². The number of aromatic nitrogens is 1. The van der Waals surface area contributed by atoms with Gasteiger partial charge in [-0.15, -0.1) is 0 Å². The molecule has 1 aromatic heterocycles. The monoisotopic (exact) mass is 356 g/mol. The Morgan fingerprint density at radius 1 is 1.30 bits per heavy atom. The highest BCUT2D eigenvalue weighted by Crippen LogP contribution is 2.21. The summed E-state index contributed by atoms with van der Waals surface area (Å²) in [4.78, 5) is 14.8. The second kappa shape index (κ2) is 5.59. The van der Waals surface area contributed by atoms with E-state index in [9.17, 15) is 13.2 Å². The number of benzene rings is 1. The number of carbonyl (C=O) groups is 1. The van der Waals surface area contributed by atoms with Crippen LogP contribution in [0, 0.1) is 0 Å². The Labute approximate surface area is 123 Å². The van der Waals surface area contributed by atoms with Crippen molar-refractivity contribution in [3.05, 3.63) is 52.8 Å². The first-order valence-corrected chi connectivity index (χ1v) is 7.63. The van der Waals surface area contributed by atoms with E-state index in [1.54, 1.807) is 12.1 Å². The largest absolute Gasteiger partial charge is 0.478 e. The smallest absolute Gasteiger partial charge is 0.337 e. The molecule has 8 heteroatoms. The van der Waals surface area contributed by atoms with E-state index in [-0.39, 0.29) is 16.1 Å². The normalized spacial score (nSPS) is 11.1. The molecule has 0 aliphatic rings. The molecule has 0 aliphatic carbocycles. The lowest BCUT2D eigenvalue weighted by Crippen LogP contribution is -2.15. The number of carboxylic acid groups (broad SMARTS) is 1. The molecule has 20 heavy (non-hydrogen) atoms. The van der Waals surface area contributed by atoms with Crippen LogP contribution in [0.2, 0.25) is 0 Å². The summed E-state index contributed by atoms with van der Waals surface area (Å²) in [6, 6.07) is 7.30. The molecular weight excluding hydrogens is 348 g/mol. The molecule has 2 aromatic rings. The molecule has 1 aromatic carbocycles. The fourth-order valence-electron chi connectivity index (χ4n) is 1.50.